The van der Waals surface area contributed by atoms with Gasteiger partial charge in [0.2, 0.25) is 5.91 Å². The van der Waals surface area contributed by atoms with Gasteiger partial charge in [0.1, 0.15) is 0 Å². The fourth-order valence-corrected chi connectivity index (χ4v) is 3.42. The summed E-state index contributed by atoms with van der Waals surface area (Å²) < 4.78 is 5.39. The molecule has 2 unspecified atom stereocenters. The number of rotatable bonds is 3. The van der Waals surface area contributed by atoms with E-state index >= 15 is 0 Å². The van der Waals surface area contributed by atoms with E-state index in [2.05, 4.69) is 25.7 Å². The number of ether oxygens (including phenoxy) is 1. The van der Waals surface area contributed by atoms with Crippen molar-refractivity contribution in [1.82, 2.24) is 4.90 Å². The molecule has 0 aromatic heterocycles. The second-order valence-electron chi connectivity index (χ2n) is 6.09. The Morgan fingerprint density at radius 3 is 2.61 bits per heavy atom. The first-order valence-corrected chi connectivity index (χ1v) is 7.51. The second kappa shape index (κ2) is 6.05. The van der Waals surface area contributed by atoms with Gasteiger partial charge in [-0.15, -0.1) is 0 Å². The molecule has 3 heteroatoms. The van der Waals surface area contributed by atoms with E-state index in [1.807, 2.05) is 0 Å². The van der Waals surface area contributed by atoms with Crippen molar-refractivity contribution in [3.8, 4) is 0 Å². The maximum atomic E-state index is 12.6. The van der Waals surface area contributed by atoms with Crippen molar-refractivity contribution in [1.29, 1.82) is 0 Å². The molecule has 2 fully saturated rings. The zero-order chi connectivity index (χ0) is 13.1. The van der Waals surface area contributed by atoms with E-state index in [0.717, 1.165) is 32.6 Å². The molecule has 0 N–H and O–H groups in total. The zero-order valence-corrected chi connectivity index (χ0v) is 12.0. The largest absolute Gasteiger partial charge is 0.381 e. The van der Waals surface area contributed by atoms with E-state index in [9.17, 15) is 4.79 Å². The summed E-state index contributed by atoms with van der Waals surface area (Å²) in [7, 11) is 0. The lowest BCUT2D eigenvalue weighted by atomic mass is 9.86. The van der Waals surface area contributed by atoms with Gasteiger partial charge in [-0.2, -0.15) is 0 Å². The van der Waals surface area contributed by atoms with Crippen molar-refractivity contribution < 1.29 is 9.53 Å². The number of hydrogen-bond donors (Lipinski definition) is 0. The zero-order valence-electron chi connectivity index (χ0n) is 12.0. The minimum atomic E-state index is 0.173. The summed E-state index contributed by atoms with van der Waals surface area (Å²) in [6.45, 7) is 9.18. The maximum absolute atomic E-state index is 12.6. The Labute approximate surface area is 111 Å². The summed E-state index contributed by atoms with van der Waals surface area (Å²) >= 11 is 0. The van der Waals surface area contributed by atoms with Crippen LogP contribution in [0.1, 0.15) is 46.5 Å². The Kier molecular flexibility index (Phi) is 4.66. The fraction of sp³-hybridized carbons (Fsp3) is 0.933. The molecule has 3 atom stereocenters. The van der Waals surface area contributed by atoms with Crippen LogP contribution in [0.2, 0.25) is 0 Å². The van der Waals surface area contributed by atoms with Crippen LogP contribution in [0.25, 0.3) is 0 Å². The summed E-state index contributed by atoms with van der Waals surface area (Å²) in [5, 5.41) is 0. The Morgan fingerprint density at radius 1 is 1.39 bits per heavy atom. The van der Waals surface area contributed by atoms with Gasteiger partial charge in [0.15, 0.2) is 0 Å². The van der Waals surface area contributed by atoms with Gasteiger partial charge in [0, 0.05) is 31.7 Å². The van der Waals surface area contributed by atoms with Crippen molar-refractivity contribution in [2.24, 2.45) is 17.8 Å². The lowest BCUT2D eigenvalue weighted by Gasteiger charge is -2.31. The minimum absolute atomic E-state index is 0.173. The molecule has 18 heavy (non-hydrogen) atoms. The molecule has 2 saturated heterocycles. The van der Waals surface area contributed by atoms with Crippen LogP contribution in [0.5, 0.6) is 0 Å². The molecule has 2 heterocycles. The van der Waals surface area contributed by atoms with Crippen molar-refractivity contribution in [2.45, 2.75) is 52.5 Å². The van der Waals surface area contributed by atoms with E-state index in [1.54, 1.807) is 0 Å². The summed E-state index contributed by atoms with van der Waals surface area (Å²) in [5.74, 6) is 1.79. The topological polar surface area (TPSA) is 29.5 Å². The van der Waals surface area contributed by atoms with Gasteiger partial charge in [-0.3, -0.25) is 4.79 Å². The van der Waals surface area contributed by atoms with Crippen LogP contribution in [-0.2, 0) is 9.53 Å². The third-order valence-corrected chi connectivity index (χ3v) is 4.88. The Morgan fingerprint density at radius 2 is 2.06 bits per heavy atom. The molecule has 1 amide bonds. The smallest absolute Gasteiger partial charge is 0.225 e. The monoisotopic (exact) mass is 253 g/mol. The fourth-order valence-electron chi connectivity index (χ4n) is 3.42. The molecule has 0 aromatic rings. The van der Waals surface area contributed by atoms with Crippen molar-refractivity contribution in [3.63, 3.8) is 0 Å². The van der Waals surface area contributed by atoms with Gasteiger partial charge in [-0.25, -0.2) is 0 Å². The van der Waals surface area contributed by atoms with E-state index in [1.165, 1.54) is 12.8 Å². The Balaban J connectivity index is 1.93. The molecule has 0 spiro atoms. The van der Waals surface area contributed by atoms with E-state index in [-0.39, 0.29) is 5.92 Å². The van der Waals surface area contributed by atoms with Crippen LogP contribution in [0.15, 0.2) is 0 Å². The highest BCUT2D eigenvalue weighted by Gasteiger charge is 2.36. The molecular formula is C15H27NO2. The first-order valence-electron chi connectivity index (χ1n) is 7.51. The molecular weight excluding hydrogens is 226 g/mol. The highest BCUT2D eigenvalue weighted by molar-refractivity contribution is 5.79. The molecule has 0 radical (unpaired) electrons. The van der Waals surface area contributed by atoms with Gasteiger partial charge in [0.25, 0.3) is 0 Å². The second-order valence-corrected chi connectivity index (χ2v) is 6.09. The molecule has 0 aromatic carbocycles. The summed E-state index contributed by atoms with van der Waals surface area (Å²) in [5.41, 5.74) is 0. The van der Waals surface area contributed by atoms with Gasteiger partial charge in [0.05, 0.1) is 0 Å². The van der Waals surface area contributed by atoms with Crippen LogP contribution in [0.3, 0.4) is 0 Å². The average molecular weight is 253 g/mol. The molecule has 0 saturated carbocycles. The SMILES string of the molecule is CCC1C[C@@H](C)N(C(=O)C(C)C2CCOCC2)C1. The van der Waals surface area contributed by atoms with Gasteiger partial charge in [-0.1, -0.05) is 20.3 Å². The molecule has 2 rings (SSSR count). The van der Waals surface area contributed by atoms with E-state index in [4.69, 9.17) is 4.74 Å². The van der Waals surface area contributed by atoms with E-state index in [0.29, 0.717) is 23.8 Å². The van der Waals surface area contributed by atoms with Crippen molar-refractivity contribution in [2.75, 3.05) is 19.8 Å². The van der Waals surface area contributed by atoms with Crippen molar-refractivity contribution in [3.05, 3.63) is 0 Å². The predicted octanol–water partition coefficient (Wildman–Crippen LogP) is 2.70. The minimum Gasteiger partial charge on any atom is -0.381 e. The average Bonchev–Trinajstić information content (AvgIpc) is 2.79. The molecule has 3 nitrogen and oxygen atoms in total. The van der Waals surface area contributed by atoms with Crippen LogP contribution in [0, 0.1) is 17.8 Å². The third-order valence-electron chi connectivity index (χ3n) is 4.88. The summed E-state index contributed by atoms with van der Waals surface area (Å²) in [6.07, 6.45) is 4.47. The standard InChI is InChI=1S/C15H27NO2/c1-4-13-9-11(2)16(10-13)15(17)12(3)14-5-7-18-8-6-14/h11-14H,4-10H2,1-3H3/t11-,12?,13?/m1/s1. The number of amides is 1. The lowest BCUT2D eigenvalue weighted by molar-refractivity contribution is -0.138. The molecule has 2 aliphatic rings. The van der Waals surface area contributed by atoms with Crippen LogP contribution in [-0.4, -0.2) is 36.6 Å². The van der Waals surface area contributed by atoms with Gasteiger partial charge < -0.3 is 9.64 Å². The number of nitrogens with zero attached hydrogens (tertiary/aromatic N) is 1. The molecule has 0 aliphatic carbocycles. The van der Waals surface area contributed by atoms with E-state index < -0.39 is 0 Å². The first kappa shape index (κ1) is 13.9. The first-order chi connectivity index (χ1) is 8.63. The Bertz CT molecular complexity index is 286. The number of carbonyl (C=O) groups is 1. The lowest BCUT2D eigenvalue weighted by Crippen LogP contribution is -2.41. The number of hydrogen-bond acceptors (Lipinski definition) is 2. The molecule has 2 aliphatic heterocycles. The van der Waals surface area contributed by atoms with Crippen LogP contribution < -0.4 is 0 Å². The summed E-state index contributed by atoms with van der Waals surface area (Å²) in [6, 6.07) is 0.435. The molecule has 0 bridgehead atoms. The normalized spacial score (nSPS) is 31.6. The van der Waals surface area contributed by atoms with Crippen molar-refractivity contribution >= 4 is 5.91 Å². The predicted molar refractivity (Wildman–Crippen MR) is 72.3 cm³/mol. The van der Waals surface area contributed by atoms with Gasteiger partial charge in [-0.05, 0) is 38.0 Å². The number of carbonyl (C=O) groups excluding carboxylic acids is 1. The molecule has 104 valence electrons. The Hall–Kier alpha value is -0.570. The third kappa shape index (κ3) is 2.87. The number of likely N-dealkylation sites (tertiary alicyclic amines) is 1. The maximum Gasteiger partial charge on any atom is 0.225 e. The van der Waals surface area contributed by atoms with Crippen LogP contribution in [0.4, 0.5) is 0 Å². The highest BCUT2D eigenvalue weighted by Crippen LogP contribution is 2.30. The highest BCUT2D eigenvalue weighted by atomic mass is 16.5. The van der Waals surface area contributed by atoms with Gasteiger partial charge >= 0.3 is 0 Å². The van der Waals surface area contributed by atoms with Crippen LogP contribution >= 0.6 is 0 Å². The quantitative estimate of drug-likeness (QED) is 0.774. The summed E-state index contributed by atoms with van der Waals surface area (Å²) in [4.78, 5) is 14.7.